The predicted octanol–water partition coefficient (Wildman–Crippen LogP) is 4.60. The summed E-state index contributed by atoms with van der Waals surface area (Å²) in [6, 6.07) is 17.6. The minimum Gasteiger partial charge on any atom is -0.494 e. The lowest BCUT2D eigenvalue weighted by molar-refractivity contribution is 0.0916. The van der Waals surface area contributed by atoms with Gasteiger partial charge >= 0.3 is 0 Å². The molecular weight excluding hydrogens is 364 g/mol. The third-order valence-electron chi connectivity index (χ3n) is 5.47. The van der Waals surface area contributed by atoms with E-state index in [1.54, 1.807) is 7.11 Å². The van der Waals surface area contributed by atoms with Crippen LogP contribution in [0.1, 0.15) is 36.5 Å². The first kappa shape index (κ1) is 19.4. The fourth-order valence-corrected chi connectivity index (χ4v) is 3.95. The molecule has 3 aromatic rings. The lowest BCUT2D eigenvalue weighted by Crippen LogP contribution is -2.33. The minimum atomic E-state index is -0.0578. The van der Waals surface area contributed by atoms with Gasteiger partial charge in [-0.15, -0.1) is 0 Å². The number of aromatic nitrogens is 1. The summed E-state index contributed by atoms with van der Waals surface area (Å²) in [7, 11) is 1.73. The highest BCUT2D eigenvalue weighted by molar-refractivity contribution is 6.07. The van der Waals surface area contributed by atoms with E-state index in [1.807, 2.05) is 61.5 Å². The molecule has 0 radical (unpaired) electrons. The maximum Gasteiger partial charge on any atom is 0.252 e. The Kier molecular flexibility index (Phi) is 5.76. The maximum atomic E-state index is 13.1. The van der Waals surface area contributed by atoms with Crippen molar-refractivity contribution in [3.8, 4) is 17.0 Å². The van der Waals surface area contributed by atoms with Crippen LogP contribution in [0.5, 0.6) is 5.75 Å². The van der Waals surface area contributed by atoms with E-state index >= 15 is 0 Å². The van der Waals surface area contributed by atoms with Crippen molar-refractivity contribution >= 4 is 16.8 Å². The highest BCUT2D eigenvalue weighted by atomic mass is 16.5. The van der Waals surface area contributed by atoms with Gasteiger partial charge in [0.2, 0.25) is 0 Å². The Hall–Kier alpha value is -2.92. The molecule has 2 atom stereocenters. The molecule has 2 aromatic carbocycles. The summed E-state index contributed by atoms with van der Waals surface area (Å²) in [5.41, 5.74) is 3.19. The first-order valence-corrected chi connectivity index (χ1v) is 10.1. The largest absolute Gasteiger partial charge is 0.494 e. The Morgan fingerprint density at radius 1 is 1.14 bits per heavy atom. The number of rotatable bonds is 6. The van der Waals surface area contributed by atoms with Gasteiger partial charge in [0.25, 0.3) is 5.91 Å². The van der Waals surface area contributed by atoms with Crippen LogP contribution in [0.4, 0.5) is 0 Å². The number of nitrogens with zero attached hydrogens (tertiary/aromatic N) is 1. The third-order valence-corrected chi connectivity index (χ3v) is 5.47. The molecule has 5 nitrogen and oxygen atoms in total. The molecule has 4 rings (SSSR count). The standard InChI is InChI=1S/C24H26N2O3/c1-3-29-18-11-8-16(9-12-18)23-15-21(20-6-4-5-7-22(20)26-23)24(27)25-17-10-13-19(14-17)28-2/h4-9,11-12,15,17,19H,3,10,13-14H2,1-2H3,(H,25,27). The number of nitrogens with one attached hydrogen (secondary N) is 1. The molecule has 1 N–H and O–H groups in total. The first-order chi connectivity index (χ1) is 14.2. The molecule has 2 unspecified atom stereocenters. The normalized spacial score (nSPS) is 18.7. The molecule has 1 amide bonds. The Morgan fingerprint density at radius 3 is 2.66 bits per heavy atom. The van der Waals surface area contributed by atoms with E-state index in [9.17, 15) is 4.79 Å². The Labute approximate surface area is 171 Å². The SMILES string of the molecule is CCOc1ccc(-c2cc(C(=O)NC3CCC(OC)C3)c3ccccc3n2)cc1. The van der Waals surface area contributed by atoms with Crippen LogP contribution >= 0.6 is 0 Å². The van der Waals surface area contributed by atoms with E-state index in [2.05, 4.69) is 5.32 Å². The summed E-state index contributed by atoms with van der Waals surface area (Å²) in [5.74, 6) is 0.765. The molecule has 0 spiro atoms. The predicted molar refractivity (Wildman–Crippen MR) is 114 cm³/mol. The average Bonchev–Trinajstić information content (AvgIpc) is 3.21. The van der Waals surface area contributed by atoms with Crippen LogP contribution in [-0.4, -0.2) is 36.8 Å². The van der Waals surface area contributed by atoms with Gasteiger partial charge in [0.1, 0.15) is 5.75 Å². The zero-order valence-electron chi connectivity index (χ0n) is 16.9. The van der Waals surface area contributed by atoms with E-state index in [0.29, 0.717) is 12.2 Å². The zero-order chi connectivity index (χ0) is 20.2. The fourth-order valence-electron chi connectivity index (χ4n) is 3.95. The molecular formula is C24H26N2O3. The zero-order valence-corrected chi connectivity index (χ0v) is 16.9. The second-order valence-electron chi connectivity index (χ2n) is 7.37. The van der Waals surface area contributed by atoms with E-state index < -0.39 is 0 Å². The first-order valence-electron chi connectivity index (χ1n) is 10.1. The highest BCUT2D eigenvalue weighted by Gasteiger charge is 2.26. The van der Waals surface area contributed by atoms with Crippen LogP contribution < -0.4 is 10.1 Å². The maximum absolute atomic E-state index is 13.1. The van der Waals surface area contributed by atoms with Gasteiger partial charge in [-0.2, -0.15) is 0 Å². The van der Waals surface area contributed by atoms with Crippen molar-refractivity contribution in [3.05, 3.63) is 60.2 Å². The van der Waals surface area contributed by atoms with Gasteiger partial charge in [0.05, 0.1) is 29.5 Å². The summed E-state index contributed by atoms with van der Waals surface area (Å²) < 4.78 is 11.0. The number of hydrogen-bond acceptors (Lipinski definition) is 4. The number of methoxy groups -OCH3 is 1. The van der Waals surface area contributed by atoms with Crippen LogP contribution in [-0.2, 0) is 4.74 Å². The van der Waals surface area contributed by atoms with Crippen molar-refractivity contribution in [3.63, 3.8) is 0 Å². The number of hydrogen-bond donors (Lipinski definition) is 1. The number of benzene rings is 2. The molecule has 29 heavy (non-hydrogen) atoms. The topological polar surface area (TPSA) is 60.5 Å². The third kappa shape index (κ3) is 4.25. The Balaban J connectivity index is 1.66. The summed E-state index contributed by atoms with van der Waals surface area (Å²) in [6.45, 7) is 2.59. The van der Waals surface area contributed by atoms with Gasteiger partial charge in [0.15, 0.2) is 0 Å². The van der Waals surface area contributed by atoms with E-state index in [4.69, 9.17) is 14.5 Å². The molecule has 1 aromatic heterocycles. The van der Waals surface area contributed by atoms with Crippen molar-refractivity contribution in [2.45, 2.75) is 38.3 Å². The number of amides is 1. The highest BCUT2D eigenvalue weighted by Crippen LogP contribution is 2.27. The molecule has 150 valence electrons. The monoisotopic (exact) mass is 390 g/mol. The molecule has 0 saturated heterocycles. The van der Waals surface area contributed by atoms with Crippen molar-refractivity contribution in [2.75, 3.05) is 13.7 Å². The van der Waals surface area contributed by atoms with Gasteiger partial charge in [0, 0.05) is 24.1 Å². The van der Waals surface area contributed by atoms with E-state index in [0.717, 1.165) is 47.2 Å². The molecule has 1 heterocycles. The molecule has 1 aliphatic carbocycles. The van der Waals surface area contributed by atoms with E-state index in [1.165, 1.54) is 0 Å². The number of pyridine rings is 1. The van der Waals surface area contributed by atoms with E-state index in [-0.39, 0.29) is 18.1 Å². The lowest BCUT2D eigenvalue weighted by atomic mass is 10.0. The van der Waals surface area contributed by atoms with Crippen LogP contribution in [0.2, 0.25) is 0 Å². The summed E-state index contributed by atoms with van der Waals surface area (Å²) in [4.78, 5) is 17.9. The average molecular weight is 390 g/mol. The second-order valence-corrected chi connectivity index (χ2v) is 7.37. The van der Waals surface area contributed by atoms with Gasteiger partial charge in [-0.25, -0.2) is 4.98 Å². The molecule has 5 heteroatoms. The van der Waals surface area contributed by atoms with Crippen LogP contribution in [0.15, 0.2) is 54.6 Å². The minimum absolute atomic E-state index is 0.0578. The lowest BCUT2D eigenvalue weighted by Gasteiger charge is -2.15. The van der Waals surface area contributed by atoms with Crippen LogP contribution in [0, 0.1) is 0 Å². The Morgan fingerprint density at radius 2 is 1.93 bits per heavy atom. The quantitative estimate of drug-likeness (QED) is 0.668. The van der Waals surface area contributed by atoms with Gasteiger partial charge in [-0.1, -0.05) is 18.2 Å². The van der Waals surface area contributed by atoms with Crippen molar-refractivity contribution in [2.24, 2.45) is 0 Å². The molecule has 1 aliphatic rings. The number of carbonyl (C=O) groups excluding carboxylic acids is 1. The number of carbonyl (C=O) groups is 1. The second kappa shape index (κ2) is 8.62. The molecule has 0 aliphatic heterocycles. The Bertz CT molecular complexity index is 1000. The van der Waals surface area contributed by atoms with Crippen molar-refractivity contribution in [1.29, 1.82) is 0 Å². The van der Waals surface area contributed by atoms with Gasteiger partial charge < -0.3 is 14.8 Å². The van der Waals surface area contributed by atoms with Crippen LogP contribution in [0.25, 0.3) is 22.2 Å². The summed E-state index contributed by atoms with van der Waals surface area (Å²) in [5, 5.41) is 4.05. The van der Waals surface area contributed by atoms with Gasteiger partial charge in [-0.3, -0.25) is 4.79 Å². The van der Waals surface area contributed by atoms with Crippen LogP contribution in [0.3, 0.4) is 0 Å². The molecule has 1 saturated carbocycles. The number of ether oxygens (including phenoxy) is 2. The number of para-hydroxylation sites is 1. The molecule has 0 bridgehead atoms. The number of fused-ring (bicyclic) bond motifs is 1. The smallest absolute Gasteiger partial charge is 0.252 e. The van der Waals surface area contributed by atoms with Crippen molar-refractivity contribution in [1.82, 2.24) is 10.3 Å². The fraction of sp³-hybridized carbons (Fsp3) is 0.333. The van der Waals surface area contributed by atoms with Crippen molar-refractivity contribution < 1.29 is 14.3 Å². The summed E-state index contributed by atoms with van der Waals surface area (Å²) >= 11 is 0. The summed E-state index contributed by atoms with van der Waals surface area (Å²) in [6.07, 6.45) is 3.01. The van der Waals surface area contributed by atoms with Gasteiger partial charge in [-0.05, 0) is 62.6 Å². The molecule has 1 fully saturated rings.